The van der Waals surface area contributed by atoms with Crippen LogP contribution in [0.3, 0.4) is 0 Å². The van der Waals surface area contributed by atoms with Crippen LogP contribution >= 0.6 is 11.6 Å². The summed E-state index contributed by atoms with van der Waals surface area (Å²) in [6, 6.07) is 10.4. The Morgan fingerprint density at radius 3 is 2.55 bits per heavy atom. The van der Waals surface area contributed by atoms with Crippen molar-refractivity contribution in [1.82, 2.24) is 10.2 Å². The molecule has 4 aliphatic heterocycles. The van der Waals surface area contributed by atoms with Crippen molar-refractivity contribution in [3.8, 4) is 6.07 Å². The Morgan fingerprint density at radius 2 is 1.91 bits per heavy atom. The third kappa shape index (κ3) is 1.94. The van der Waals surface area contributed by atoms with Crippen molar-refractivity contribution in [1.29, 1.82) is 5.26 Å². The van der Waals surface area contributed by atoms with Crippen LogP contribution in [-0.2, 0) is 0 Å². The van der Waals surface area contributed by atoms with Crippen LogP contribution in [0.2, 0.25) is 5.02 Å². The second-order valence-electron chi connectivity index (χ2n) is 6.32. The van der Waals surface area contributed by atoms with Gasteiger partial charge in [-0.2, -0.15) is 5.26 Å². The first-order valence-corrected chi connectivity index (χ1v) is 8.19. The molecular weight excluding hydrogens is 294 g/mol. The zero-order chi connectivity index (χ0) is 15.3. The molecule has 0 aromatic heterocycles. The van der Waals surface area contributed by atoms with E-state index in [9.17, 15) is 5.26 Å². The maximum Gasteiger partial charge on any atom is 0.0976 e. The van der Waals surface area contributed by atoms with Crippen molar-refractivity contribution in [2.24, 2.45) is 5.92 Å². The molecule has 112 valence electrons. The van der Waals surface area contributed by atoms with E-state index in [4.69, 9.17) is 11.6 Å². The zero-order valence-electron chi connectivity index (χ0n) is 12.6. The van der Waals surface area contributed by atoms with Gasteiger partial charge in [0.25, 0.3) is 0 Å². The lowest BCUT2D eigenvalue weighted by molar-refractivity contribution is 0.187. The quantitative estimate of drug-likeness (QED) is 0.858. The van der Waals surface area contributed by atoms with Crippen LogP contribution in [0.25, 0.3) is 0 Å². The number of nitrogens with zero attached hydrogens (tertiary/aromatic N) is 2. The minimum atomic E-state index is 0.0432. The van der Waals surface area contributed by atoms with Crippen molar-refractivity contribution >= 4 is 11.6 Å². The molecule has 3 nitrogen and oxygen atoms in total. The Labute approximate surface area is 135 Å². The van der Waals surface area contributed by atoms with Crippen molar-refractivity contribution in [2.45, 2.75) is 25.7 Å². The molecule has 5 rings (SSSR count). The molecule has 0 spiro atoms. The molecule has 1 aromatic carbocycles. The number of rotatable bonds is 1. The highest BCUT2D eigenvalue weighted by Crippen LogP contribution is 2.47. The van der Waals surface area contributed by atoms with Gasteiger partial charge in [0.15, 0.2) is 0 Å². The van der Waals surface area contributed by atoms with Crippen LogP contribution in [0, 0.1) is 17.2 Å². The second kappa shape index (κ2) is 5.07. The number of nitriles is 1. The number of allylic oxidation sites excluding steroid dienone is 3. The Kier molecular flexibility index (Phi) is 3.16. The summed E-state index contributed by atoms with van der Waals surface area (Å²) in [6.45, 7) is 4.23. The summed E-state index contributed by atoms with van der Waals surface area (Å²) in [6.07, 6.45) is 2.43. The molecule has 22 heavy (non-hydrogen) atoms. The third-order valence-electron chi connectivity index (χ3n) is 5.13. The monoisotopic (exact) mass is 311 g/mol. The molecule has 1 atom stereocenters. The topological polar surface area (TPSA) is 39.1 Å². The van der Waals surface area contributed by atoms with E-state index in [1.54, 1.807) is 0 Å². The van der Waals surface area contributed by atoms with Gasteiger partial charge < -0.3 is 10.2 Å². The minimum absolute atomic E-state index is 0.0432. The fourth-order valence-electron chi connectivity index (χ4n) is 4.04. The lowest BCUT2D eigenvalue weighted by atomic mass is 9.76. The molecule has 1 aromatic rings. The van der Waals surface area contributed by atoms with Crippen LogP contribution in [0.1, 0.15) is 31.2 Å². The SMILES string of the molecule is CC1=C(C#N)[C@H](c2ccc(Cl)cc2)C2=C(N1)C1CCN2CC1. The van der Waals surface area contributed by atoms with E-state index in [1.807, 2.05) is 19.1 Å². The standard InChI is InChI=1S/C18H18ClN3/c1-11-15(10-20)16(12-2-4-14(19)5-3-12)18-17(21-11)13-6-8-22(18)9-7-13/h2-5,13,16,21H,6-9H2,1H3/t16-/m0/s1. The number of hydrogen-bond acceptors (Lipinski definition) is 3. The van der Waals surface area contributed by atoms with Gasteiger partial charge in [0.2, 0.25) is 0 Å². The molecule has 1 fully saturated rings. The zero-order valence-corrected chi connectivity index (χ0v) is 13.3. The lowest BCUT2D eigenvalue weighted by Crippen LogP contribution is -2.47. The van der Waals surface area contributed by atoms with Crippen LogP contribution in [-0.4, -0.2) is 18.0 Å². The van der Waals surface area contributed by atoms with Crippen LogP contribution in [0.15, 0.2) is 46.9 Å². The van der Waals surface area contributed by atoms with Gasteiger partial charge in [-0.15, -0.1) is 0 Å². The summed E-state index contributed by atoms with van der Waals surface area (Å²) in [5.41, 5.74) is 5.63. The smallest absolute Gasteiger partial charge is 0.0976 e. The van der Waals surface area contributed by atoms with Crippen molar-refractivity contribution < 1.29 is 0 Å². The van der Waals surface area contributed by atoms with Crippen molar-refractivity contribution in [3.05, 3.63) is 57.5 Å². The predicted molar refractivity (Wildman–Crippen MR) is 87.0 cm³/mol. The first kappa shape index (κ1) is 13.7. The van der Waals surface area contributed by atoms with E-state index in [1.165, 1.54) is 24.2 Å². The van der Waals surface area contributed by atoms with E-state index >= 15 is 0 Å². The van der Waals surface area contributed by atoms with E-state index < -0.39 is 0 Å². The highest BCUT2D eigenvalue weighted by molar-refractivity contribution is 6.30. The van der Waals surface area contributed by atoms with Gasteiger partial charge >= 0.3 is 0 Å². The number of dihydropyridines is 1. The van der Waals surface area contributed by atoms with Gasteiger partial charge in [-0.3, -0.25) is 0 Å². The predicted octanol–water partition coefficient (Wildman–Crippen LogP) is 3.76. The molecule has 0 aliphatic carbocycles. The summed E-state index contributed by atoms with van der Waals surface area (Å²) in [4.78, 5) is 2.46. The highest BCUT2D eigenvalue weighted by atomic mass is 35.5. The van der Waals surface area contributed by atoms with E-state index in [-0.39, 0.29) is 5.92 Å². The number of fused-ring (bicyclic) bond motifs is 2. The number of benzene rings is 1. The van der Waals surface area contributed by atoms with Crippen molar-refractivity contribution in [3.63, 3.8) is 0 Å². The summed E-state index contributed by atoms with van der Waals surface area (Å²) < 4.78 is 0. The van der Waals surface area contributed by atoms with Gasteiger partial charge in [-0.1, -0.05) is 23.7 Å². The average molecular weight is 312 g/mol. The molecule has 4 heteroatoms. The van der Waals surface area contributed by atoms with Crippen LogP contribution in [0.5, 0.6) is 0 Å². The Balaban J connectivity index is 1.88. The summed E-state index contributed by atoms with van der Waals surface area (Å²) >= 11 is 6.04. The van der Waals surface area contributed by atoms with Crippen molar-refractivity contribution in [2.75, 3.05) is 13.1 Å². The van der Waals surface area contributed by atoms with Gasteiger partial charge in [-0.25, -0.2) is 0 Å². The number of halogens is 1. The maximum atomic E-state index is 9.69. The van der Waals surface area contributed by atoms with Gasteiger partial charge in [-0.05, 0) is 37.5 Å². The van der Waals surface area contributed by atoms with Gasteiger partial charge in [0, 0.05) is 41.1 Å². The molecule has 0 unspecified atom stereocenters. The fourth-order valence-corrected chi connectivity index (χ4v) is 4.17. The van der Waals surface area contributed by atoms with Crippen LogP contribution < -0.4 is 5.32 Å². The maximum absolute atomic E-state index is 9.69. The first-order chi connectivity index (χ1) is 10.7. The van der Waals surface area contributed by atoms with Gasteiger partial charge in [0.1, 0.15) is 0 Å². The number of piperidine rings is 1. The minimum Gasteiger partial charge on any atom is -0.373 e. The molecule has 0 amide bonds. The molecule has 2 bridgehead atoms. The third-order valence-corrected chi connectivity index (χ3v) is 5.38. The summed E-state index contributed by atoms with van der Waals surface area (Å²) in [5.74, 6) is 0.659. The molecule has 0 radical (unpaired) electrons. The van der Waals surface area contributed by atoms with E-state index in [0.717, 1.165) is 34.9 Å². The number of nitrogens with one attached hydrogen (secondary N) is 1. The van der Waals surface area contributed by atoms with Crippen LogP contribution in [0.4, 0.5) is 0 Å². The lowest BCUT2D eigenvalue weighted by Gasteiger charge is -2.48. The highest BCUT2D eigenvalue weighted by Gasteiger charge is 2.41. The summed E-state index contributed by atoms with van der Waals surface area (Å²) in [5, 5.41) is 14.0. The Hall–Kier alpha value is -1.92. The van der Waals surface area contributed by atoms with Gasteiger partial charge in [0.05, 0.1) is 17.6 Å². The molecule has 0 saturated carbocycles. The fraction of sp³-hybridized carbons (Fsp3) is 0.389. The first-order valence-electron chi connectivity index (χ1n) is 7.81. The molecule has 4 heterocycles. The van der Waals surface area contributed by atoms with E-state index in [2.05, 4.69) is 28.4 Å². The largest absolute Gasteiger partial charge is 0.373 e. The number of hydrogen-bond donors (Lipinski definition) is 1. The normalized spacial score (nSPS) is 24.2. The van der Waals surface area contributed by atoms with E-state index in [0.29, 0.717) is 5.92 Å². The molecule has 4 aliphatic rings. The second-order valence-corrected chi connectivity index (χ2v) is 6.76. The molecular formula is C18H18ClN3. The average Bonchev–Trinajstić information content (AvgIpc) is 2.55. The Morgan fingerprint density at radius 1 is 1.23 bits per heavy atom. The Bertz CT molecular complexity index is 716. The molecule has 1 N–H and O–H groups in total. The molecule has 1 saturated heterocycles. The summed E-state index contributed by atoms with van der Waals surface area (Å²) in [7, 11) is 0.